The van der Waals surface area contributed by atoms with Crippen LogP contribution in [0, 0.1) is 0 Å². The molecule has 0 radical (unpaired) electrons. The first-order valence-electron chi connectivity index (χ1n) is 3.58. The number of rotatable bonds is 1. The minimum absolute atomic E-state index is 0. The average Bonchev–Trinajstić information content (AvgIpc) is 2.03. The summed E-state index contributed by atoms with van der Waals surface area (Å²) in [6.07, 6.45) is 0. The SMILES string of the molecule is CC(=O)OC(=O)c1ccccc1Cl.[NaH]. The topological polar surface area (TPSA) is 43.4 Å². The van der Waals surface area contributed by atoms with E-state index in [0.717, 1.165) is 6.92 Å². The number of benzene rings is 1. The molecule has 0 heterocycles. The van der Waals surface area contributed by atoms with Crippen LogP contribution in [0.25, 0.3) is 0 Å². The maximum absolute atomic E-state index is 11.1. The molecule has 0 aliphatic carbocycles. The van der Waals surface area contributed by atoms with Gasteiger partial charge in [-0.3, -0.25) is 4.79 Å². The van der Waals surface area contributed by atoms with E-state index in [4.69, 9.17) is 11.6 Å². The molecule has 5 heteroatoms. The summed E-state index contributed by atoms with van der Waals surface area (Å²) in [5.41, 5.74) is 0.194. The van der Waals surface area contributed by atoms with Crippen molar-refractivity contribution < 1.29 is 14.3 Å². The molecule has 0 aliphatic heterocycles. The van der Waals surface area contributed by atoms with Gasteiger partial charge in [0, 0.05) is 6.92 Å². The van der Waals surface area contributed by atoms with Gasteiger partial charge in [0.25, 0.3) is 0 Å². The molecule has 0 unspecified atom stereocenters. The molecule has 70 valence electrons. The van der Waals surface area contributed by atoms with E-state index in [1.165, 1.54) is 6.07 Å². The first-order chi connectivity index (χ1) is 6.11. The zero-order valence-electron chi connectivity index (χ0n) is 6.91. The van der Waals surface area contributed by atoms with Gasteiger partial charge in [0.05, 0.1) is 10.6 Å². The van der Waals surface area contributed by atoms with Crippen LogP contribution in [0.5, 0.6) is 0 Å². The van der Waals surface area contributed by atoms with Gasteiger partial charge in [0.2, 0.25) is 0 Å². The van der Waals surface area contributed by atoms with Gasteiger partial charge in [-0.25, -0.2) is 4.79 Å². The summed E-state index contributed by atoms with van der Waals surface area (Å²) < 4.78 is 4.35. The molecular formula is C9H8ClNaO3. The normalized spacial score (nSPS) is 8.71. The molecule has 1 aromatic rings. The molecule has 0 spiro atoms. The fourth-order valence-electron chi connectivity index (χ4n) is 0.812. The van der Waals surface area contributed by atoms with Gasteiger partial charge in [-0.2, -0.15) is 0 Å². The zero-order chi connectivity index (χ0) is 9.84. The number of carbonyl (C=O) groups is 2. The molecule has 0 bridgehead atoms. The number of hydrogen-bond acceptors (Lipinski definition) is 3. The van der Waals surface area contributed by atoms with Crippen LogP contribution in [0.2, 0.25) is 5.02 Å². The van der Waals surface area contributed by atoms with E-state index in [1.54, 1.807) is 18.2 Å². The number of ether oxygens (including phenoxy) is 1. The zero-order valence-corrected chi connectivity index (χ0v) is 7.67. The predicted octanol–water partition coefficient (Wildman–Crippen LogP) is 1.39. The monoisotopic (exact) mass is 222 g/mol. The quantitative estimate of drug-likeness (QED) is 0.410. The third-order valence-corrected chi connectivity index (χ3v) is 1.66. The van der Waals surface area contributed by atoms with Crippen molar-refractivity contribution in [3.8, 4) is 0 Å². The Hall–Kier alpha value is -0.350. The first kappa shape index (κ1) is 13.7. The van der Waals surface area contributed by atoms with Crippen molar-refractivity contribution in [2.75, 3.05) is 0 Å². The van der Waals surface area contributed by atoms with Crippen molar-refractivity contribution in [3.63, 3.8) is 0 Å². The Morgan fingerprint density at radius 1 is 1.29 bits per heavy atom. The van der Waals surface area contributed by atoms with Crippen molar-refractivity contribution in [2.45, 2.75) is 6.92 Å². The fourth-order valence-corrected chi connectivity index (χ4v) is 1.03. The second-order valence-electron chi connectivity index (χ2n) is 2.36. The number of carbonyl (C=O) groups excluding carboxylic acids is 2. The molecule has 1 rings (SSSR count). The van der Waals surface area contributed by atoms with E-state index in [-0.39, 0.29) is 40.1 Å². The van der Waals surface area contributed by atoms with Crippen molar-refractivity contribution in [1.29, 1.82) is 0 Å². The third-order valence-electron chi connectivity index (χ3n) is 1.33. The Morgan fingerprint density at radius 3 is 2.36 bits per heavy atom. The Bertz CT molecular complexity index is 352. The molecule has 0 fully saturated rings. The fraction of sp³-hybridized carbons (Fsp3) is 0.111. The van der Waals surface area contributed by atoms with Gasteiger partial charge in [-0.1, -0.05) is 23.7 Å². The molecule has 0 amide bonds. The minimum atomic E-state index is -0.724. The standard InChI is InChI=1S/C9H7ClO3.Na.H/c1-6(11)13-9(12)7-4-2-3-5-8(7)10;;/h2-5H,1H3;;. The van der Waals surface area contributed by atoms with E-state index in [1.807, 2.05) is 0 Å². The van der Waals surface area contributed by atoms with Crippen molar-refractivity contribution >= 4 is 53.1 Å². The van der Waals surface area contributed by atoms with Crippen LogP contribution in [0.15, 0.2) is 24.3 Å². The van der Waals surface area contributed by atoms with Crippen LogP contribution in [0.1, 0.15) is 17.3 Å². The Kier molecular flexibility index (Phi) is 6.04. The van der Waals surface area contributed by atoms with E-state index < -0.39 is 11.9 Å². The van der Waals surface area contributed by atoms with Gasteiger partial charge >= 0.3 is 41.5 Å². The molecule has 0 atom stereocenters. The first-order valence-corrected chi connectivity index (χ1v) is 3.96. The molecule has 0 saturated carbocycles. The van der Waals surface area contributed by atoms with Gasteiger partial charge in [-0.05, 0) is 12.1 Å². The Labute approximate surface area is 109 Å². The van der Waals surface area contributed by atoms with Crippen molar-refractivity contribution in [3.05, 3.63) is 34.9 Å². The van der Waals surface area contributed by atoms with Crippen LogP contribution in [0.4, 0.5) is 0 Å². The van der Waals surface area contributed by atoms with E-state index in [2.05, 4.69) is 4.74 Å². The van der Waals surface area contributed by atoms with E-state index in [9.17, 15) is 9.59 Å². The summed E-state index contributed by atoms with van der Waals surface area (Å²) in [7, 11) is 0. The van der Waals surface area contributed by atoms with E-state index >= 15 is 0 Å². The Balaban J connectivity index is 0.00000169. The second kappa shape index (κ2) is 6.19. The molecule has 0 aromatic heterocycles. The molecule has 1 aromatic carbocycles. The van der Waals surface area contributed by atoms with Gasteiger partial charge in [0.1, 0.15) is 0 Å². The van der Waals surface area contributed by atoms with Crippen LogP contribution in [-0.2, 0) is 9.53 Å². The number of hydrogen-bond donors (Lipinski definition) is 0. The number of halogens is 1. The average molecular weight is 223 g/mol. The molecule has 14 heavy (non-hydrogen) atoms. The molecule has 0 N–H and O–H groups in total. The second-order valence-corrected chi connectivity index (χ2v) is 2.77. The molecular weight excluding hydrogens is 215 g/mol. The summed E-state index contributed by atoms with van der Waals surface area (Å²) in [5, 5.41) is 0.272. The number of esters is 2. The predicted molar refractivity (Wildman–Crippen MR) is 54.7 cm³/mol. The van der Waals surface area contributed by atoms with Gasteiger partial charge in [0.15, 0.2) is 0 Å². The van der Waals surface area contributed by atoms with Crippen LogP contribution in [0.3, 0.4) is 0 Å². The van der Waals surface area contributed by atoms with Crippen LogP contribution in [-0.4, -0.2) is 41.5 Å². The van der Waals surface area contributed by atoms with Crippen LogP contribution >= 0.6 is 11.6 Å². The molecule has 0 aliphatic rings. The molecule has 3 nitrogen and oxygen atoms in total. The molecule has 0 saturated heterocycles. The summed E-state index contributed by atoms with van der Waals surface area (Å²) in [4.78, 5) is 21.6. The van der Waals surface area contributed by atoms with E-state index in [0.29, 0.717) is 0 Å². The van der Waals surface area contributed by atoms with Gasteiger partial charge < -0.3 is 4.74 Å². The van der Waals surface area contributed by atoms with Crippen molar-refractivity contribution in [1.82, 2.24) is 0 Å². The summed E-state index contributed by atoms with van der Waals surface area (Å²) in [6, 6.07) is 6.38. The maximum atomic E-state index is 11.1. The summed E-state index contributed by atoms with van der Waals surface area (Å²) in [5.74, 6) is -1.37. The summed E-state index contributed by atoms with van der Waals surface area (Å²) >= 11 is 5.69. The van der Waals surface area contributed by atoms with Crippen LogP contribution < -0.4 is 0 Å². The van der Waals surface area contributed by atoms with Crippen molar-refractivity contribution in [2.24, 2.45) is 0 Å². The summed E-state index contributed by atoms with van der Waals surface area (Å²) in [6.45, 7) is 1.16. The van der Waals surface area contributed by atoms with Gasteiger partial charge in [-0.15, -0.1) is 0 Å². The Morgan fingerprint density at radius 2 is 1.86 bits per heavy atom. The third kappa shape index (κ3) is 3.80.